The number of hydrogen-bond acceptors (Lipinski definition) is 3. The second-order valence-electron chi connectivity index (χ2n) is 8.06. The Labute approximate surface area is 189 Å². The van der Waals surface area contributed by atoms with Crippen molar-refractivity contribution in [1.29, 1.82) is 0 Å². The summed E-state index contributed by atoms with van der Waals surface area (Å²) in [5.41, 5.74) is 5.41. The SMILES string of the molecule is CCc1c(C)ccc(S(=O)(=O)O)c1-n1ccc2ccc(OC(C)c3ccccc3C)cc21. The lowest BCUT2D eigenvalue weighted by Gasteiger charge is -2.19. The van der Waals surface area contributed by atoms with E-state index in [2.05, 4.69) is 19.1 Å². The van der Waals surface area contributed by atoms with E-state index in [-0.39, 0.29) is 11.0 Å². The maximum absolute atomic E-state index is 12.2. The van der Waals surface area contributed by atoms with Gasteiger partial charge < -0.3 is 9.30 Å². The molecule has 1 N–H and O–H groups in total. The Bertz CT molecular complexity index is 1400. The molecular weight excluding hydrogens is 422 g/mol. The number of aromatic nitrogens is 1. The highest BCUT2D eigenvalue weighted by molar-refractivity contribution is 7.86. The largest absolute Gasteiger partial charge is 0.486 e. The van der Waals surface area contributed by atoms with Gasteiger partial charge >= 0.3 is 0 Å². The van der Waals surface area contributed by atoms with Crippen LogP contribution in [-0.2, 0) is 16.5 Å². The molecule has 0 amide bonds. The van der Waals surface area contributed by atoms with Gasteiger partial charge in [0.1, 0.15) is 16.7 Å². The van der Waals surface area contributed by atoms with Crippen molar-refractivity contribution in [3.05, 3.63) is 89.1 Å². The molecule has 0 aliphatic carbocycles. The molecule has 0 saturated carbocycles. The first-order chi connectivity index (χ1) is 15.2. The lowest BCUT2D eigenvalue weighted by atomic mass is 10.0. The third kappa shape index (κ3) is 4.04. The summed E-state index contributed by atoms with van der Waals surface area (Å²) in [7, 11) is -4.40. The molecule has 0 bridgehead atoms. The molecule has 4 aromatic rings. The van der Waals surface area contributed by atoms with Crippen LogP contribution in [0.5, 0.6) is 5.75 Å². The topological polar surface area (TPSA) is 68.5 Å². The molecule has 0 aliphatic heterocycles. The van der Waals surface area contributed by atoms with Gasteiger partial charge in [-0.2, -0.15) is 8.42 Å². The summed E-state index contributed by atoms with van der Waals surface area (Å²) in [5, 5.41) is 0.950. The van der Waals surface area contributed by atoms with Crippen molar-refractivity contribution in [3.8, 4) is 11.4 Å². The summed E-state index contributed by atoms with van der Waals surface area (Å²) in [6, 6.07) is 19.0. The Morgan fingerprint density at radius 3 is 2.44 bits per heavy atom. The number of rotatable bonds is 6. The molecule has 166 valence electrons. The van der Waals surface area contributed by atoms with E-state index in [9.17, 15) is 13.0 Å². The third-order valence-corrected chi connectivity index (χ3v) is 6.84. The molecule has 1 unspecified atom stereocenters. The van der Waals surface area contributed by atoms with Gasteiger partial charge in [-0.05, 0) is 73.7 Å². The average molecular weight is 450 g/mol. The fraction of sp³-hybridized carbons (Fsp3) is 0.231. The van der Waals surface area contributed by atoms with Gasteiger partial charge in [-0.1, -0.05) is 37.3 Å². The monoisotopic (exact) mass is 449 g/mol. The molecule has 1 atom stereocenters. The molecule has 0 radical (unpaired) electrons. The van der Waals surface area contributed by atoms with Crippen LogP contribution in [0.1, 0.15) is 42.2 Å². The minimum Gasteiger partial charge on any atom is -0.486 e. The summed E-state index contributed by atoms with van der Waals surface area (Å²) >= 11 is 0. The van der Waals surface area contributed by atoms with Gasteiger partial charge in [-0.15, -0.1) is 0 Å². The standard InChI is InChI=1S/C26H27NO4S/c1-5-22-18(3)10-13-25(32(28,29)30)26(22)27-15-14-20-11-12-21(16-24(20)27)31-19(4)23-9-7-6-8-17(23)2/h6-16,19H,5H2,1-4H3,(H,28,29,30). The number of fused-ring (bicyclic) bond motifs is 1. The zero-order valence-corrected chi connectivity index (χ0v) is 19.5. The van der Waals surface area contributed by atoms with Crippen LogP contribution >= 0.6 is 0 Å². The first-order valence-electron chi connectivity index (χ1n) is 10.6. The predicted octanol–water partition coefficient (Wildman–Crippen LogP) is 6.20. The van der Waals surface area contributed by atoms with E-state index in [4.69, 9.17) is 4.74 Å². The molecule has 3 aromatic carbocycles. The fourth-order valence-electron chi connectivity index (χ4n) is 4.32. The van der Waals surface area contributed by atoms with E-state index >= 15 is 0 Å². The summed E-state index contributed by atoms with van der Waals surface area (Å²) in [4.78, 5) is -0.1000. The van der Waals surface area contributed by atoms with Crippen molar-refractivity contribution in [2.75, 3.05) is 0 Å². The van der Waals surface area contributed by atoms with Crippen LogP contribution in [0.25, 0.3) is 16.6 Å². The normalized spacial score (nSPS) is 12.8. The van der Waals surface area contributed by atoms with Crippen molar-refractivity contribution in [2.24, 2.45) is 0 Å². The Morgan fingerprint density at radius 1 is 1.00 bits per heavy atom. The Hall–Kier alpha value is -3.09. The zero-order chi connectivity index (χ0) is 23.0. The number of nitrogens with zero attached hydrogens (tertiary/aromatic N) is 1. The molecule has 5 nitrogen and oxygen atoms in total. The van der Waals surface area contributed by atoms with Crippen molar-refractivity contribution in [2.45, 2.75) is 45.1 Å². The number of ether oxygens (including phenoxy) is 1. The highest BCUT2D eigenvalue weighted by atomic mass is 32.2. The van der Waals surface area contributed by atoms with Crippen molar-refractivity contribution < 1.29 is 17.7 Å². The molecular formula is C26H27NO4S. The summed E-state index contributed by atoms with van der Waals surface area (Å²) < 4.78 is 42.4. The molecule has 0 spiro atoms. The van der Waals surface area contributed by atoms with E-state index in [1.807, 2.05) is 67.9 Å². The van der Waals surface area contributed by atoms with Gasteiger partial charge in [-0.3, -0.25) is 4.55 Å². The fourth-order valence-corrected chi connectivity index (χ4v) is 5.03. The number of benzene rings is 3. The highest BCUT2D eigenvalue weighted by Crippen LogP contribution is 2.33. The maximum atomic E-state index is 12.2. The smallest absolute Gasteiger partial charge is 0.296 e. The summed E-state index contributed by atoms with van der Waals surface area (Å²) in [6.45, 7) is 7.99. The van der Waals surface area contributed by atoms with Crippen LogP contribution < -0.4 is 4.74 Å². The van der Waals surface area contributed by atoms with Gasteiger partial charge in [0.2, 0.25) is 0 Å². The van der Waals surface area contributed by atoms with Crippen molar-refractivity contribution >= 4 is 21.0 Å². The average Bonchev–Trinajstić information content (AvgIpc) is 3.15. The maximum Gasteiger partial charge on any atom is 0.296 e. The van der Waals surface area contributed by atoms with E-state index < -0.39 is 10.1 Å². The van der Waals surface area contributed by atoms with Crippen LogP contribution in [0.3, 0.4) is 0 Å². The van der Waals surface area contributed by atoms with Gasteiger partial charge in [0, 0.05) is 17.6 Å². The molecule has 0 fully saturated rings. The highest BCUT2D eigenvalue weighted by Gasteiger charge is 2.22. The Kier molecular flexibility index (Phi) is 5.84. The van der Waals surface area contributed by atoms with E-state index in [1.54, 1.807) is 6.07 Å². The van der Waals surface area contributed by atoms with E-state index in [1.165, 1.54) is 6.07 Å². The quantitative estimate of drug-likeness (QED) is 0.356. The minimum absolute atomic E-state index is 0.1000. The second kappa shape index (κ2) is 8.45. The lowest BCUT2D eigenvalue weighted by molar-refractivity contribution is 0.226. The van der Waals surface area contributed by atoms with Crippen LogP contribution in [0, 0.1) is 13.8 Å². The number of aryl methyl sites for hydroxylation is 2. The first kappa shape index (κ1) is 22.1. The first-order valence-corrected chi connectivity index (χ1v) is 12.1. The minimum atomic E-state index is -4.40. The zero-order valence-electron chi connectivity index (χ0n) is 18.7. The van der Waals surface area contributed by atoms with Gasteiger partial charge in [-0.25, -0.2) is 0 Å². The van der Waals surface area contributed by atoms with Crippen LogP contribution in [-0.4, -0.2) is 17.5 Å². The second-order valence-corrected chi connectivity index (χ2v) is 9.45. The molecule has 0 aliphatic rings. The van der Waals surface area contributed by atoms with E-state index in [0.717, 1.165) is 33.2 Å². The molecule has 6 heteroatoms. The summed E-state index contributed by atoms with van der Waals surface area (Å²) in [6.07, 6.45) is 2.32. The van der Waals surface area contributed by atoms with E-state index in [0.29, 0.717) is 17.9 Å². The van der Waals surface area contributed by atoms with Gasteiger partial charge in [0.25, 0.3) is 10.1 Å². The van der Waals surface area contributed by atoms with Crippen LogP contribution in [0.4, 0.5) is 0 Å². The Morgan fingerprint density at radius 2 is 1.75 bits per heavy atom. The molecule has 1 heterocycles. The molecule has 4 rings (SSSR count). The molecule has 32 heavy (non-hydrogen) atoms. The van der Waals surface area contributed by atoms with Crippen LogP contribution in [0.2, 0.25) is 0 Å². The van der Waals surface area contributed by atoms with Gasteiger partial charge in [0.05, 0.1) is 11.2 Å². The van der Waals surface area contributed by atoms with Crippen LogP contribution in [0.15, 0.2) is 71.8 Å². The van der Waals surface area contributed by atoms with Crippen molar-refractivity contribution in [1.82, 2.24) is 4.57 Å². The Balaban J connectivity index is 1.85. The van der Waals surface area contributed by atoms with Crippen molar-refractivity contribution in [3.63, 3.8) is 0 Å². The predicted molar refractivity (Wildman–Crippen MR) is 127 cm³/mol. The molecule has 1 aromatic heterocycles. The number of hydrogen-bond donors (Lipinski definition) is 1. The summed E-state index contributed by atoms with van der Waals surface area (Å²) in [5.74, 6) is 0.687. The lowest BCUT2D eigenvalue weighted by Crippen LogP contribution is -2.10. The van der Waals surface area contributed by atoms with Gasteiger partial charge in [0.15, 0.2) is 0 Å². The third-order valence-electron chi connectivity index (χ3n) is 5.96. The molecule has 0 saturated heterocycles.